The molecule has 1 amide bonds. The van der Waals surface area contributed by atoms with Crippen molar-refractivity contribution in [3.63, 3.8) is 0 Å². The lowest BCUT2D eigenvalue weighted by Crippen LogP contribution is -2.39. The van der Waals surface area contributed by atoms with Crippen molar-refractivity contribution in [1.29, 1.82) is 0 Å². The first-order chi connectivity index (χ1) is 6.38. The van der Waals surface area contributed by atoms with E-state index in [1.54, 1.807) is 4.90 Å². The number of amides is 1. The Balaban J connectivity index is 2.47. The van der Waals surface area contributed by atoms with Gasteiger partial charge in [0.15, 0.2) is 0 Å². The molecule has 0 aromatic carbocycles. The molecule has 1 rings (SSSR count). The van der Waals surface area contributed by atoms with Gasteiger partial charge in [0, 0.05) is 25.2 Å². The van der Waals surface area contributed by atoms with Crippen LogP contribution in [0.4, 0.5) is 4.79 Å². The minimum atomic E-state index is -0.427. The van der Waals surface area contributed by atoms with Gasteiger partial charge in [-0.15, -0.1) is 0 Å². The zero-order valence-corrected chi connectivity index (χ0v) is 9.04. The van der Waals surface area contributed by atoms with Gasteiger partial charge in [-0.1, -0.05) is 0 Å². The number of hydrogen-bond donors (Lipinski definition) is 1. The van der Waals surface area contributed by atoms with Crippen LogP contribution >= 0.6 is 0 Å². The van der Waals surface area contributed by atoms with Crippen molar-refractivity contribution < 1.29 is 9.53 Å². The monoisotopic (exact) mass is 198 g/mol. The number of carbonyl (C=O) groups is 1. The average Bonchev–Trinajstić information content (AvgIpc) is 2.02. The second-order valence-corrected chi connectivity index (χ2v) is 4.46. The van der Waals surface area contributed by atoms with Gasteiger partial charge >= 0.3 is 6.09 Å². The van der Waals surface area contributed by atoms with Gasteiger partial charge in [0.25, 0.3) is 0 Å². The van der Waals surface area contributed by atoms with Crippen LogP contribution in [0.2, 0.25) is 0 Å². The minimum Gasteiger partial charge on any atom is -0.444 e. The zero-order chi connectivity index (χ0) is 10.8. The lowest BCUT2D eigenvalue weighted by Gasteiger charge is -2.28. The molecule has 1 heterocycles. The third-order valence-electron chi connectivity index (χ3n) is 1.90. The third-order valence-corrected chi connectivity index (χ3v) is 1.90. The highest BCUT2D eigenvalue weighted by Gasteiger charge is 2.22. The van der Waals surface area contributed by atoms with Gasteiger partial charge in [-0.05, 0) is 26.8 Å². The predicted octanol–water partition coefficient (Wildman–Crippen LogP) is 1.47. The Morgan fingerprint density at radius 1 is 1.57 bits per heavy atom. The molecule has 1 aliphatic rings. The SMILES string of the molecule is CC(C)(C)OC(=O)N1CC=C(N)CC1. The third kappa shape index (κ3) is 3.28. The maximum absolute atomic E-state index is 11.6. The van der Waals surface area contributed by atoms with Crippen LogP contribution < -0.4 is 5.73 Å². The molecule has 0 unspecified atom stereocenters. The summed E-state index contributed by atoms with van der Waals surface area (Å²) in [4.78, 5) is 13.2. The first-order valence-corrected chi connectivity index (χ1v) is 4.81. The molecule has 1 aliphatic heterocycles. The molecule has 0 bridgehead atoms. The molecule has 4 nitrogen and oxygen atoms in total. The quantitative estimate of drug-likeness (QED) is 0.641. The molecule has 0 saturated carbocycles. The number of rotatable bonds is 0. The molecule has 0 radical (unpaired) electrons. The van der Waals surface area contributed by atoms with Gasteiger partial charge in [-0.25, -0.2) is 4.79 Å². The number of hydrogen-bond acceptors (Lipinski definition) is 3. The van der Waals surface area contributed by atoms with E-state index in [1.807, 2.05) is 26.8 Å². The highest BCUT2D eigenvalue weighted by atomic mass is 16.6. The number of nitrogens with two attached hydrogens (primary N) is 1. The Morgan fingerprint density at radius 3 is 2.64 bits per heavy atom. The summed E-state index contributed by atoms with van der Waals surface area (Å²) in [6, 6.07) is 0. The van der Waals surface area contributed by atoms with Gasteiger partial charge in [-0.2, -0.15) is 0 Å². The van der Waals surface area contributed by atoms with E-state index in [1.165, 1.54) is 0 Å². The first kappa shape index (κ1) is 10.9. The smallest absolute Gasteiger partial charge is 0.410 e. The molecule has 80 valence electrons. The van der Waals surface area contributed by atoms with Gasteiger partial charge in [-0.3, -0.25) is 0 Å². The molecule has 0 aliphatic carbocycles. The van der Waals surface area contributed by atoms with Crippen LogP contribution in [0.15, 0.2) is 11.8 Å². The molecule has 0 saturated heterocycles. The Bertz CT molecular complexity index is 253. The fraction of sp³-hybridized carbons (Fsp3) is 0.700. The summed E-state index contributed by atoms with van der Waals surface area (Å²) in [6.07, 6.45) is 2.33. The molecule has 0 aromatic rings. The van der Waals surface area contributed by atoms with E-state index in [0.717, 1.165) is 12.1 Å². The molecule has 4 heteroatoms. The number of carbonyl (C=O) groups excluding carboxylic acids is 1. The van der Waals surface area contributed by atoms with Gasteiger partial charge in [0.2, 0.25) is 0 Å². The van der Waals surface area contributed by atoms with Crippen molar-refractivity contribution in [2.75, 3.05) is 13.1 Å². The Labute approximate surface area is 84.7 Å². The topological polar surface area (TPSA) is 55.6 Å². The van der Waals surface area contributed by atoms with Crippen molar-refractivity contribution in [3.05, 3.63) is 11.8 Å². The van der Waals surface area contributed by atoms with Gasteiger partial charge in [0.1, 0.15) is 5.60 Å². The molecule has 0 spiro atoms. The Hall–Kier alpha value is -1.19. The summed E-state index contributed by atoms with van der Waals surface area (Å²) in [5.41, 5.74) is 6.03. The summed E-state index contributed by atoms with van der Waals surface area (Å²) < 4.78 is 5.23. The molecule has 2 N–H and O–H groups in total. The van der Waals surface area contributed by atoms with Gasteiger partial charge < -0.3 is 15.4 Å². The second-order valence-electron chi connectivity index (χ2n) is 4.46. The van der Waals surface area contributed by atoms with E-state index < -0.39 is 5.60 Å². The first-order valence-electron chi connectivity index (χ1n) is 4.81. The fourth-order valence-corrected chi connectivity index (χ4v) is 1.18. The van der Waals surface area contributed by atoms with Crippen LogP contribution in [0.3, 0.4) is 0 Å². The van der Waals surface area contributed by atoms with Crippen LogP contribution in [0.5, 0.6) is 0 Å². The summed E-state index contributed by atoms with van der Waals surface area (Å²) in [7, 11) is 0. The minimum absolute atomic E-state index is 0.263. The van der Waals surface area contributed by atoms with Crippen molar-refractivity contribution in [3.8, 4) is 0 Å². The van der Waals surface area contributed by atoms with E-state index in [2.05, 4.69) is 0 Å². The molecule has 0 aromatic heterocycles. The highest BCUT2D eigenvalue weighted by Crippen LogP contribution is 2.12. The van der Waals surface area contributed by atoms with E-state index in [4.69, 9.17) is 10.5 Å². The van der Waals surface area contributed by atoms with Crippen molar-refractivity contribution >= 4 is 6.09 Å². The van der Waals surface area contributed by atoms with Gasteiger partial charge in [0.05, 0.1) is 0 Å². The molecule has 0 fully saturated rings. The standard InChI is InChI=1S/C10H18N2O2/c1-10(2,3)14-9(13)12-6-4-8(11)5-7-12/h4H,5-7,11H2,1-3H3. The molecule has 0 atom stereocenters. The Kier molecular flexibility index (Phi) is 3.03. The van der Waals surface area contributed by atoms with Crippen molar-refractivity contribution in [2.45, 2.75) is 32.8 Å². The van der Waals surface area contributed by atoms with E-state index >= 15 is 0 Å². The lowest BCUT2D eigenvalue weighted by molar-refractivity contribution is 0.0266. The summed E-state index contributed by atoms with van der Waals surface area (Å²) in [5.74, 6) is 0. The zero-order valence-electron chi connectivity index (χ0n) is 9.04. The normalized spacial score (nSPS) is 17.6. The Morgan fingerprint density at radius 2 is 2.21 bits per heavy atom. The average molecular weight is 198 g/mol. The van der Waals surface area contributed by atoms with Crippen LogP contribution in [-0.4, -0.2) is 29.7 Å². The summed E-state index contributed by atoms with van der Waals surface area (Å²) in [6.45, 7) is 6.79. The van der Waals surface area contributed by atoms with E-state index in [0.29, 0.717) is 13.1 Å². The lowest BCUT2D eigenvalue weighted by atomic mass is 10.2. The largest absolute Gasteiger partial charge is 0.444 e. The van der Waals surface area contributed by atoms with Crippen LogP contribution in [0.1, 0.15) is 27.2 Å². The van der Waals surface area contributed by atoms with E-state index in [9.17, 15) is 4.79 Å². The molecular formula is C10H18N2O2. The predicted molar refractivity (Wildman–Crippen MR) is 54.7 cm³/mol. The summed E-state index contributed by atoms with van der Waals surface area (Å²) >= 11 is 0. The summed E-state index contributed by atoms with van der Waals surface area (Å²) in [5, 5.41) is 0. The van der Waals surface area contributed by atoms with Crippen molar-refractivity contribution in [1.82, 2.24) is 4.90 Å². The highest BCUT2D eigenvalue weighted by molar-refractivity contribution is 5.68. The fourth-order valence-electron chi connectivity index (χ4n) is 1.18. The van der Waals surface area contributed by atoms with Crippen LogP contribution in [0.25, 0.3) is 0 Å². The van der Waals surface area contributed by atoms with Crippen LogP contribution in [0, 0.1) is 0 Å². The van der Waals surface area contributed by atoms with E-state index in [-0.39, 0.29) is 6.09 Å². The second kappa shape index (κ2) is 3.90. The number of nitrogens with zero attached hydrogens (tertiary/aromatic N) is 1. The van der Waals surface area contributed by atoms with Crippen LogP contribution in [-0.2, 0) is 4.74 Å². The van der Waals surface area contributed by atoms with Crippen molar-refractivity contribution in [2.24, 2.45) is 5.73 Å². The molecular weight excluding hydrogens is 180 g/mol. The molecule has 14 heavy (non-hydrogen) atoms. The number of ether oxygens (including phenoxy) is 1. The maximum atomic E-state index is 11.6. The maximum Gasteiger partial charge on any atom is 0.410 e.